The summed E-state index contributed by atoms with van der Waals surface area (Å²) in [6, 6.07) is 12.1. The summed E-state index contributed by atoms with van der Waals surface area (Å²) in [4.78, 5) is 36.3. The molecule has 1 heterocycles. The molecule has 1 amide bonds. The zero-order valence-corrected chi connectivity index (χ0v) is 15.6. The van der Waals surface area contributed by atoms with Crippen molar-refractivity contribution in [2.24, 2.45) is 0 Å². The number of amidine groups is 1. The van der Waals surface area contributed by atoms with Gasteiger partial charge in [0.15, 0.2) is 5.17 Å². The van der Waals surface area contributed by atoms with E-state index in [-0.39, 0.29) is 22.4 Å². The van der Waals surface area contributed by atoms with E-state index in [4.69, 9.17) is 10.1 Å². The lowest BCUT2D eigenvalue weighted by atomic mass is 10.1. The maximum absolute atomic E-state index is 12.7. The van der Waals surface area contributed by atoms with Crippen molar-refractivity contribution in [2.75, 3.05) is 11.5 Å². The van der Waals surface area contributed by atoms with Gasteiger partial charge in [-0.05, 0) is 54.6 Å². The van der Waals surface area contributed by atoms with Gasteiger partial charge >= 0.3 is 5.97 Å². The van der Waals surface area contributed by atoms with E-state index in [1.165, 1.54) is 41.3 Å². The first-order chi connectivity index (χ1) is 13.4. The summed E-state index contributed by atoms with van der Waals surface area (Å²) in [5, 5.41) is 19.0. The molecule has 0 saturated carbocycles. The largest absolute Gasteiger partial charge is 0.462 e. The quantitative estimate of drug-likeness (QED) is 0.355. The summed E-state index contributed by atoms with van der Waals surface area (Å²) in [6.07, 6.45) is 1.52. The van der Waals surface area contributed by atoms with E-state index >= 15 is 0 Å². The molecule has 0 aliphatic carbocycles. The third-order valence-electron chi connectivity index (χ3n) is 3.84. The van der Waals surface area contributed by atoms with Gasteiger partial charge in [-0.2, -0.15) is 0 Å². The second-order valence-corrected chi connectivity index (χ2v) is 6.71. The number of hydrogen-bond donors (Lipinski definition) is 1. The number of non-ortho nitro benzene ring substituents is 1. The molecule has 0 atom stereocenters. The Kier molecular flexibility index (Phi) is 5.55. The lowest BCUT2D eigenvalue weighted by Gasteiger charge is -2.14. The predicted molar refractivity (Wildman–Crippen MR) is 106 cm³/mol. The van der Waals surface area contributed by atoms with Crippen LogP contribution in [-0.2, 0) is 9.53 Å². The molecule has 1 N–H and O–H groups in total. The first-order valence-corrected chi connectivity index (χ1v) is 9.06. The minimum absolute atomic E-state index is 0.00515. The van der Waals surface area contributed by atoms with Crippen molar-refractivity contribution >= 4 is 46.3 Å². The number of carbonyl (C=O) groups excluding carboxylic acids is 2. The lowest BCUT2D eigenvalue weighted by Crippen LogP contribution is -2.28. The van der Waals surface area contributed by atoms with Gasteiger partial charge in [-0.1, -0.05) is 12.1 Å². The van der Waals surface area contributed by atoms with Crippen molar-refractivity contribution in [3.8, 4) is 0 Å². The Bertz CT molecular complexity index is 1000. The Morgan fingerprint density at radius 1 is 1.29 bits per heavy atom. The Labute approximate surface area is 164 Å². The summed E-state index contributed by atoms with van der Waals surface area (Å²) in [5.74, 6) is -0.872. The van der Waals surface area contributed by atoms with Crippen molar-refractivity contribution < 1.29 is 19.2 Å². The van der Waals surface area contributed by atoms with Crippen molar-refractivity contribution in [2.45, 2.75) is 6.92 Å². The first-order valence-electron chi connectivity index (χ1n) is 8.25. The zero-order chi connectivity index (χ0) is 20.3. The molecule has 8 nitrogen and oxygen atoms in total. The number of nitro groups is 1. The molecule has 0 spiro atoms. The number of thioether (sulfide) groups is 1. The average molecular weight is 397 g/mol. The highest BCUT2D eigenvalue weighted by Crippen LogP contribution is 2.35. The van der Waals surface area contributed by atoms with Crippen LogP contribution in [0.5, 0.6) is 0 Å². The summed E-state index contributed by atoms with van der Waals surface area (Å²) in [6.45, 7) is 1.97. The number of anilines is 1. The third-order valence-corrected chi connectivity index (χ3v) is 4.73. The van der Waals surface area contributed by atoms with Crippen LogP contribution in [-0.4, -0.2) is 28.6 Å². The van der Waals surface area contributed by atoms with Crippen LogP contribution < -0.4 is 4.90 Å². The van der Waals surface area contributed by atoms with Gasteiger partial charge in [0.2, 0.25) is 0 Å². The highest BCUT2D eigenvalue weighted by Gasteiger charge is 2.33. The van der Waals surface area contributed by atoms with Crippen LogP contribution >= 0.6 is 11.8 Å². The van der Waals surface area contributed by atoms with E-state index in [0.717, 1.165) is 11.8 Å². The molecule has 28 heavy (non-hydrogen) atoms. The van der Waals surface area contributed by atoms with Gasteiger partial charge in [-0.3, -0.25) is 25.2 Å². The molecule has 2 aromatic carbocycles. The molecular formula is C19H15N3O5S. The number of hydrogen-bond acceptors (Lipinski definition) is 7. The van der Waals surface area contributed by atoms with Crippen molar-refractivity contribution in [1.82, 2.24) is 0 Å². The van der Waals surface area contributed by atoms with Crippen molar-refractivity contribution in [1.29, 1.82) is 5.41 Å². The molecule has 1 saturated heterocycles. The molecule has 142 valence electrons. The SMILES string of the molecule is CCOC(=O)c1ccc(N2C(=N)S/C(=C\c3cccc([N+](=O)[O-])c3)C2=O)cc1. The Morgan fingerprint density at radius 2 is 2.00 bits per heavy atom. The molecule has 0 unspecified atom stereocenters. The van der Waals surface area contributed by atoms with Gasteiger partial charge in [-0.25, -0.2) is 4.79 Å². The topological polar surface area (TPSA) is 114 Å². The van der Waals surface area contributed by atoms with Crippen LogP contribution in [0.15, 0.2) is 53.4 Å². The standard InChI is InChI=1S/C19H15N3O5S/c1-2-27-18(24)13-6-8-14(9-7-13)21-17(23)16(28-19(21)20)11-12-4-3-5-15(10-12)22(25)26/h3-11,20H,2H2,1H3/b16-11-,20-19?. The summed E-state index contributed by atoms with van der Waals surface area (Å²) in [5.41, 5.74) is 1.21. The third kappa shape index (κ3) is 3.94. The smallest absolute Gasteiger partial charge is 0.338 e. The van der Waals surface area contributed by atoms with E-state index in [0.29, 0.717) is 16.8 Å². The van der Waals surface area contributed by atoms with E-state index in [2.05, 4.69) is 0 Å². The fourth-order valence-corrected chi connectivity index (χ4v) is 3.42. The fraction of sp³-hybridized carbons (Fsp3) is 0.105. The highest BCUT2D eigenvalue weighted by molar-refractivity contribution is 8.19. The molecule has 1 fully saturated rings. The summed E-state index contributed by atoms with van der Waals surface area (Å²) < 4.78 is 4.92. The maximum atomic E-state index is 12.7. The van der Waals surface area contributed by atoms with Gasteiger partial charge in [0.1, 0.15) is 0 Å². The monoisotopic (exact) mass is 397 g/mol. The molecule has 0 radical (unpaired) electrons. The van der Waals surface area contributed by atoms with Gasteiger partial charge in [0.05, 0.1) is 27.7 Å². The molecule has 0 bridgehead atoms. The Balaban J connectivity index is 1.85. The molecular weight excluding hydrogens is 382 g/mol. The maximum Gasteiger partial charge on any atom is 0.338 e. The molecule has 1 aliphatic heterocycles. The number of nitro benzene ring substituents is 1. The van der Waals surface area contributed by atoms with Crippen LogP contribution in [0.1, 0.15) is 22.8 Å². The zero-order valence-electron chi connectivity index (χ0n) is 14.7. The lowest BCUT2D eigenvalue weighted by molar-refractivity contribution is -0.384. The van der Waals surface area contributed by atoms with Crippen LogP contribution in [0.25, 0.3) is 6.08 Å². The first kappa shape index (κ1) is 19.3. The minimum Gasteiger partial charge on any atom is -0.462 e. The van der Waals surface area contributed by atoms with E-state index in [1.54, 1.807) is 25.1 Å². The van der Waals surface area contributed by atoms with Gasteiger partial charge in [-0.15, -0.1) is 0 Å². The minimum atomic E-state index is -0.509. The molecule has 0 aromatic heterocycles. The number of carbonyl (C=O) groups is 2. The number of nitrogens with one attached hydrogen (secondary N) is 1. The van der Waals surface area contributed by atoms with Crippen LogP contribution in [0, 0.1) is 15.5 Å². The second kappa shape index (κ2) is 8.05. The van der Waals surface area contributed by atoms with Crippen molar-refractivity contribution in [3.63, 3.8) is 0 Å². The number of esters is 1. The molecule has 3 rings (SSSR count). The molecule has 2 aromatic rings. The summed E-state index contributed by atoms with van der Waals surface area (Å²) >= 11 is 0.964. The average Bonchev–Trinajstić information content (AvgIpc) is 2.95. The van der Waals surface area contributed by atoms with Crippen LogP contribution in [0.2, 0.25) is 0 Å². The number of nitrogens with zero attached hydrogens (tertiary/aromatic N) is 2. The Morgan fingerprint density at radius 3 is 2.64 bits per heavy atom. The number of rotatable bonds is 5. The molecule has 1 aliphatic rings. The van der Waals surface area contributed by atoms with Gasteiger partial charge in [0.25, 0.3) is 11.6 Å². The van der Waals surface area contributed by atoms with E-state index in [9.17, 15) is 19.7 Å². The van der Waals surface area contributed by atoms with E-state index in [1.807, 2.05) is 0 Å². The predicted octanol–water partition coefficient (Wildman–Crippen LogP) is 3.83. The number of benzene rings is 2. The summed E-state index contributed by atoms with van der Waals surface area (Å²) in [7, 11) is 0. The van der Waals surface area contributed by atoms with E-state index < -0.39 is 16.8 Å². The fourth-order valence-electron chi connectivity index (χ4n) is 2.56. The van der Waals surface area contributed by atoms with Crippen molar-refractivity contribution in [3.05, 3.63) is 74.7 Å². The normalized spacial score (nSPS) is 15.2. The van der Waals surface area contributed by atoms with Gasteiger partial charge in [0, 0.05) is 12.1 Å². The highest BCUT2D eigenvalue weighted by atomic mass is 32.2. The van der Waals surface area contributed by atoms with Crippen LogP contribution in [0.3, 0.4) is 0 Å². The Hall–Kier alpha value is -3.46. The van der Waals surface area contributed by atoms with Crippen LogP contribution in [0.4, 0.5) is 11.4 Å². The number of ether oxygens (including phenoxy) is 1. The number of amides is 1. The second-order valence-electron chi connectivity index (χ2n) is 5.68. The van der Waals surface area contributed by atoms with Gasteiger partial charge < -0.3 is 4.74 Å². The molecule has 9 heteroatoms.